The van der Waals surface area contributed by atoms with E-state index < -0.39 is 18.6 Å². The van der Waals surface area contributed by atoms with Crippen molar-refractivity contribution in [2.75, 3.05) is 26.2 Å². The molecule has 1 unspecified atom stereocenters. The Bertz CT molecular complexity index is 272. The molecular weight excluding hydrogens is 242 g/mol. The van der Waals surface area contributed by atoms with Crippen LogP contribution in [-0.4, -0.2) is 54.1 Å². The Kier molecular flexibility index (Phi) is 4.09. The average molecular weight is 257 g/mol. The summed E-state index contributed by atoms with van der Waals surface area (Å²) < 4.78 is 26.0. The van der Waals surface area contributed by atoms with E-state index in [2.05, 4.69) is 5.32 Å². The van der Waals surface area contributed by atoms with Crippen LogP contribution < -0.4 is 5.32 Å². The summed E-state index contributed by atoms with van der Waals surface area (Å²) in [5.41, 5.74) is 0. The third-order valence-corrected chi connectivity index (χ3v) is 3.00. The van der Waals surface area contributed by atoms with Crippen LogP contribution in [0.2, 0.25) is 0 Å². The SMILES string of the molecule is Cl.O=C([C@@H]1CCNC1)N1CC(O)C(F)(F)C1. The Balaban J connectivity index is 0.00000128. The molecule has 2 aliphatic rings. The van der Waals surface area contributed by atoms with E-state index in [1.54, 1.807) is 0 Å². The maximum absolute atomic E-state index is 13.0. The Hall–Kier alpha value is -0.460. The van der Waals surface area contributed by atoms with Crippen LogP contribution in [0.4, 0.5) is 8.78 Å². The smallest absolute Gasteiger partial charge is 0.292 e. The summed E-state index contributed by atoms with van der Waals surface area (Å²) in [7, 11) is 0. The molecule has 0 aromatic heterocycles. The molecule has 2 atom stereocenters. The molecule has 2 rings (SSSR count). The van der Waals surface area contributed by atoms with Crippen molar-refractivity contribution in [2.24, 2.45) is 5.92 Å². The van der Waals surface area contributed by atoms with Gasteiger partial charge in [0.25, 0.3) is 5.92 Å². The van der Waals surface area contributed by atoms with E-state index in [9.17, 15) is 13.6 Å². The van der Waals surface area contributed by atoms with Crippen molar-refractivity contribution in [3.05, 3.63) is 0 Å². The topological polar surface area (TPSA) is 52.6 Å². The fourth-order valence-electron chi connectivity index (χ4n) is 2.06. The van der Waals surface area contributed by atoms with Crippen LogP contribution in [-0.2, 0) is 4.79 Å². The summed E-state index contributed by atoms with van der Waals surface area (Å²) in [5, 5.41) is 12.1. The third kappa shape index (κ3) is 2.44. The number of β-amino-alcohol motifs (C(OH)–C–C–N with tert-alkyl or cyclic N) is 1. The molecule has 1 amide bonds. The van der Waals surface area contributed by atoms with Gasteiger partial charge in [-0.05, 0) is 13.0 Å². The lowest BCUT2D eigenvalue weighted by Gasteiger charge is -2.19. The lowest BCUT2D eigenvalue weighted by Crippen LogP contribution is -2.36. The molecule has 0 aliphatic carbocycles. The van der Waals surface area contributed by atoms with Gasteiger partial charge in [-0.25, -0.2) is 8.78 Å². The van der Waals surface area contributed by atoms with Crippen LogP contribution in [0.3, 0.4) is 0 Å². The Morgan fingerprint density at radius 2 is 2.19 bits per heavy atom. The lowest BCUT2D eigenvalue weighted by atomic mass is 10.1. The summed E-state index contributed by atoms with van der Waals surface area (Å²) in [6.45, 7) is 0.409. The molecule has 0 bridgehead atoms. The molecule has 0 aromatic rings. The monoisotopic (exact) mass is 256 g/mol. The van der Waals surface area contributed by atoms with Gasteiger partial charge in [-0.2, -0.15) is 0 Å². The first-order chi connectivity index (χ1) is 7.00. The van der Waals surface area contributed by atoms with Crippen LogP contribution >= 0.6 is 12.4 Å². The summed E-state index contributed by atoms with van der Waals surface area (Å²) in [6, 6.07) is 0. The number of nitrogens with one attached hydrogen (secondary N) is 1. The van der Waals surface area contributed by atoms with Crippen LogP contribution in [0.15, 0.2) is 0 Å². The minimum absolute atomic E-state index is 0. The standard InChI is InChI=1S/C9H14F2N2O2.ClH/c10-9(11)5-13(4-7(9)14)8(15)6-1-2-12-3-6;/h6-7,12,14H,1-5H2;1H/t6-,7?;/m1./s1. The second kappa shape index (κ2) is 4.81. The van der Waals surface area contributed by atoms with Crippen molar-refractivity contribution in [1.29, 1.82) is 0 Å². The zero-order valence-corrected chi connectivity index (χ0v) is 9.47. The molecule has 2 fully saturated rings. The summed E-state index contributed by atoms with van der Waals surface area (Å²) >= 11 is 0. The van der Waals surface area contributed by atoms with E-state index in [4.69, 9.17) is 5.11 Å². The van der Waals surface area contributed by atoms with Gasteiger partial charge < -0.3 is 15.3 Å². The fraction of sp³-hybridized carbons (Fsp3) is 0.889. The first-order valence-electron chi connectivity index (χ1n) is 5.06. The van der Waals surface area contributed by atoms with E-state index in [1.165, 1.54) is 0 Å². The zero-order valence-electron chi connectivity index (χ0n) is 8.66. The number of amides is 1. The number of alkyl halides is 2. The predicted octanol–water partition coefficient (Wildman–Crippen LogP) is -0.144. The van der Waals surface area contributed by atoms with Gasteiger partial charge in [0.15, 0.2) is 0 Å². The first kappa shape index (κ1) is 13.6. The van der Waals surface area contributed by atoms with Crippen molar-refractivity contribution in [1.82, 2.24) is 10.2 Å². The second-order valence-electron chi connectivity index (χ2n) is 4.19. The molecule has 0 radical (unpaired) electrons. The number of aliphatic hydroxyl groups excluding tert-OH is 1. The van der Waals surface area contributed by atoms with Crippen molar-refractivity contribution < 1.29 is 18.7 Å². The summed E-state index contributed by atoms with van der Waals surface area (Å²) in [5.74, 6) is -3.62. The van der Waals surface area contributed by atoms with E-state index >= 15 is 0 Å². The van der Waals surface area contributed by atoms with Crippen molar-refractivity contribution in [3.8, 4) is 0 Å². The number of hydrogen-bond acceptors (Lipinski definition) is 3. The van der Waals surface area contributed by atoms with Gasteiger partial charge in [-0.1, -0.05) is 0 Å². The molecule has 2 heterocycles. The van der Waals surface area contributed by atoms with Crippen molar-refractivity contribution >= 4 is 18.3 Å². The Morgan fingerprint density at radius 1 is 1.50 bits per heavy atom. The number of carbonyl (C=O) groups excluding carboxylic acids is 1. The lowest BCUT2D eigenvalue weighted by molar-refractivity contribution is -0.135. The van der Waals surface area contributed by atoms with Crippen molar-refractivity contribution in [3.63, 3.8) is 0 Å². The third-order valence-electron chi connectivity index (χ3n) is 3.00. The van der Waals surface area contributed by atoms with Gasteiger partial charge in [0.1, 0.15) is 6.10 Å². The predicted molar refractivity (Wildman–Crippen MR) is 55.8 cm³/mol. The molecule has 2 saturated heterocycles. The number of likely N-dealkylation sites (tertiary alicyclic amines) is 1. The summed E-state index contributed by atoms with van der Waals surface area (Å²) in [6.07, 6.45) is -1.02. The molecule has 16 heavy (non-hydrogen) atoms. The van der Waals surface area contributed by atoms with Gasteiger partial charge in [-0.15, -0.1) is 12.4 Å². The van der Waals surface area contributed by atoms with E-state index in [1.807, 2.05) is 0 Å². The normalized spacial score (nSPS) is 32.6. The zero-order chi connectivity index (χ0) is 11.1. The molecule has 4 nitrogen and oxygen atoms in total. The highest BCUT2D eigenvalue weighted by molar-refractivity contribution is 5.85. The van der Waals surface area contributed by atoms with Gasteiger partial charge >= 0.3 is 0 Å². The number of rotatable bonds is 1. The van der Waals surface area contributed by atoms with Gasteiger partial charge in [0.05, 0.1) is 19.0 Å². The molecule has 0 spiro atoms. The van der Waals surface area contributed by atoms with E-state index in [-0.39, 0.29) is 30.8 Å². The number of carbonyl (C=O) groups is 1. The number of aliphatic hydroxyl groups is 1. The van der Waals surface area contributed by atoms with E-state index in [0.29, 0.717) is 13.0 Å². The Labute approximate surface area is 98.4 Å². The number of halogens is 3. The Morgan fingerprint density at radius 3 is 2.62 bits per heavy atom. The molecule has 0 aromatic carbocycles. The number of nitrogens with zero attached hydrogens (tertiary/aromatic N) is 1. The quantitative estimate of drug-likeness (QED) is 0.687. The largest absolute Gasteiger partial charge is 0.385 e. The molecule has 2 N–H and O–H groups in total. The van der Waals surface area contributed by atoms with E-state index in [0.717, 1.165) is 11.4 Å². The fourth-order valence-corrected chi connectivity index (χ4v) is 2.06. The highest BCUT2D eigenvalue weighted by Gasteiger charge is 2.49. The molecule has 94 valence electrons. The number of hydrogen-bond donors (Lipinski definition) is 2. The maximum Gasteiger partial charge on any atom is 0.292 e. The summed E-state index contributed by atoms with van der Waals surface area (Å²) in [4.78, 5) is 12.8. The van der Waals surface area contributed by atoms with Crippen LogP contribution in [0.1, 0.15) is 6.42 Å². The maximum atomic E-state index is 13.0. The minimum atomic E-state index is -3.15. The molecule has 2 aliphatic heterocycles. The van der Waals surface area contributed by atoms with Gasteiger partial charge in [0, 0.05) is 6.54 Å². The average Bonchev–Trinajstić information content (AvgIpc) is 2.74. The van der Waals surface area contributed by atoms with Crippen molar-refractivity contribution in [2.45, 2.75) is 18.4 Å². The second-order valence-corrected chi connectivity index (χ2v) is 4.19. The minimum Gasteiger partial charge on any atom is -0.385 e. The van der Waals surface area contributed by atoms with Crippen LogP contribution in [0.5, 0.6) is 0 Å². The van der Waals surface area contributed by atoms with Gasteiger partial charge in [0.2, 0.25) is 5.91 Å². The molecule has 7 heteroatoms. The highest BCUT2D eigenvalue weighted by atomic mass is 35.5. The highest BCUT2D eigenvalue weighted by Crippen LogP contribution is 2.29. The molecule has 0 saturated carbocycles. The van der Waals surface area contributed by atoms with Crippen LogP contribution in [0.25, 0.3) is 0 Å². The van der Waals surface area contributed by atoms with Crippen LogP contribution in [0, 0.1) is 5.92 Å². The van der Waals surface area contributed by atoms with Gasteiger partial charge in [-0.3, -0.25) is 4.79 Å². The first-order valence-corrected chi connectivity index (χ1v) is 5.06. The molecular formula is C9H15ClF2N2O2.